The molecule has 0 unspecified atom stereocenters. The van der Waals surface area contributed by atoms with Gasteiger partial charge in [0.25, 0.3) is 0 Å². The molecule has 0 aliphatic carbocycles. The van der Waals surface area contributed by atoms with E-state index in [0.717, 1.165) is 25.5 Å². The minimum atomic E-state index is -0.250. The Balaban J connectivity index is 3.17. The van der Waals surface area contributed by atoms with Crippen molar-refractivity contribution in [1.82, 2.24) is 5.32 Å². The summed E-state index contributed by atoms with van der Waals surface area (Å²) in [7, 11) is 0. The SMILES string of the molecule is C=COC(=O)CCCCCNC(C)=O. The summed E-state index contributed by atoms with van der Waals surface area (Å²) in [6, 6.07) is 0. The number of hydrogen-bond donors (Lipinski definition) is 1. The summed E-state index contributed by atoms with van der Waals surface area (Å²) in [5.41, 5.74) is 0. The zero-order valence-electron chi connectivity index (χ0n) is 8.54. The summed E-state index contributed by atoms with van der Waals surface area (Å²) < 4.78 is 4.54. The van der Waals surface area contributed by atoms with E-state index in [4.69, 9.17) is 0 Å². The molecule has 4 nitrogen and oxygen atoms in total. The van der Waals surface area contributed by atoms with Crippen molar-refractivity contribution in [3.63, 3.8) is 0 Å². The molecule has 1 N–H and O–H groups in total. The molecule has 4 heteroatoms. The first kappa shape index (κ1) is 12.7. The summed E-state index contributed by atoms with van der Waals surface area (Å²) >= 11 is 0. The van der Waals surface area contributed by atoms with Crippen LogP contribution in [0.4, 0.5) is 0 Å². The molecule has 0 fully saturated rings. The molecule has 0 aliphatic heterocycles. The van der Waals surface area contributed by atoms with Crippen LogP contribution in [-0.4, -0.2) is 18.4 Å². The van der Waals surface area contributed by atoms with E-state index >= 15 is 0 Å². The van der Waals surface area contributed by atoms with Gasteiger partial charge < -0.3 is 10.1 Å². The minimum absolute atomic E-state index is 0.0175. The molecule has 0 atom stereocenters. The molecule has 0 bridgehead atoms. The Morgan fingerprint density at radius 3 is 2.64 bits per heavy atom. The number of carbonyl (C=O) groups excluding carboxylic acids is 2. The first-order valence-corrected chi connectivity index (χ1v) is 4.71. The van der Waals surface area contributed by atoms with Gasteiger partial charge in [0.05, 0.1) is 6.26 Å². The molecule has 0 heterocycles. The van der Waals surface area contributed by atoms with Gasteiger partial charge in [0, 0.05) is 19.9 Å². The molecule has 0 radical (unpaired) electrons. The molecule has 0 rings (SSSR count). The Morgan fingerprint density at radius 2 is 2.07 bits per heavy atom. The van der Waals surface area contributed by atoms with Crippen molar-refractivity contribution < 1.29 is 14.3 Å². The molecule has 0 aromatic rings. The second-order valence-corrected chi connectivity index (χ2v) is 2.95. The van der Waals surface area contributed by atoms with Crippen molar-refractivity contribution in [1.29, 1.82) is 0 Å². The van der Waals surface area contributed by atoms with Gasteiger partial charge in [-0.1, -0.05) is 13.0 Å². The van der Waals surface area contributed by atoms with Gasteiger partial charge in [0.2, 0.25) is 5.91 Å². The molecule has 0 aliphatic rings. The Hall–Kier alpha value is -1.32. The Kier molecular flexibility index (Phi) is 7.50. The number of carbonyl (C=O) groups is 2. The number of esters is 1. The van der Waals surface area contributed by atoms with Crippen LogP contribution in [0.1, 0.15) is 32.6 Å². The third-order valence-electron chi connectivity index (χ3n) is 1.65. The molecule has 0 spiro atoms. The van der Waals surface area contributed by atoms with Gasteiger partial charge in [-0.15, -0.1) is 0 Å². The van der Waals surface area contributed by atoms with E-state index < -0.39 is 0 Å². The Bertz CT molecular complexity index is 202. The van der Waals surface area contributed by atoms with E-state index in [1.807, 2.05) is 0 Å². The molecule has 0 aromatic carbocycles. The van der Waals surface area contributed by atoms with Crippen LogP contribution in [0.5, 0.6) is 0 Å². The number of nitrogens with one attached hydrogen (secondary N) is 1. The van der Waals surface area contributed by atoms with E-state index in [9.17, 15) is 9.59 Å². The summed E-state index contributed by atoms with van der Waals surface area (Å²) in [4.78, 5) is 21.3. The highest BCUT2D eigenvalue weighted by atomic mass is 16.5. The van der Waals surface area contributed by atoms with Gasteiger partial charge in [0.1, 0.15) is 0 Å². The van der Waals surface area contributed by atoms with Crippen molar-refractivity contribution >= 4 is 11.9 Å². The van der Waals surface area contributed by atoms with Crippen LogP contribution >= 0.6 is 0 Å². The smallest absolute Gasteiger partial charge is 0.310 e. The molecule has 0 aromatic heterocycles. The van der Waals surface area contributed by atoms with Gasteiger partial charge in [-0.3, -0.25) is 9.59 Å². The lowest BCUT2D eigenvalue weighted by Gasteiger charge is -2.01. The van der Waals surface area contributed by atoms with Gasteiger partial charge in [-0.05, 0) is 12.8 Å². The molecule has 14 heavy (non-hydrogen) atoms. The molecule has 1 amide bonds. The number of amides is 1. The standard InChI is InChI=1S/C10H17NO3/c1-3-14-10(13)7-5-4-6-8-11-9(2)12/h3H,1,4-8H2,2H3,(H,11,12). The third-order valence-corrected chi connectivity index (χ3v) is 1.65. The Morgan fingerprint density at radius 1 is 1.36 bits per heavy atom. The van der Waals surface area contributed by atoms with E-state index in [0.29, 0.717) is 13.0 Å². The lowest BCUT2D eigenvalue weighted by Crippen LogP contribution is -2.20. The number of ether oxygens (including phenoxy) is 1. The van der Waals surface area contributed by atoms with Gasteiger partial charge >= 0.3 is 5.97 Å². The number of hydrogen-bond acceptors (Lipinski definition) is 3. The number of rotatable bonds is 7. The fourth-order valence-electron chi connectivity index (χ4n) is 0.987. The van der Waals surface area contributed by atoms with Crippen LogP contribution in [0.2, 0.25) is 0 Å². The average molecular weight is 199 g/mol. The lowest BCUT2D eigenvalue weighted by atomic mass is 10.2. The third kappa shape index (κ3) is 8.77. The molecular formula is C10H17NO3. The van der Waals surface area contributed by atoms with Crippen LogP contribution in [0.3, 0.4) is 0 Å². The fraction of sp³-hybridized carbons (Fsp3) is 0.600. The Labute approximate surface area is 84.3 Å². The summed E-state index contributed by atoms with van der Waals surface area (Å²) in [5, 5.41) is 2.69. The van der Waals surface area contributed by atoms with Gasteiger partial charge in [0.15, 0.2) is 0 Å². The summed E-state index contributed by atoms with van der Waals surface area (Å²) in [6.45, 7) is 5.45. The van der Waals surface area contributed by atoms with E-state index in [-0.39, 0.29) is 11.9 Å². The lowest BCUT2D eigenvalue weighted by molar-refractivity contribution is -0.138. The first-order chi connectivity index (χ1) is 6.66. The molecule has 0 saturated heterocycles. The maximum atomic E-state index is 10.8. The second-order valence-electron chi connectivity index (χ2n) is 2.95. The van der Waals surface area contributed by atoms with E-state index in [2.05, 4.69) is 16.6 Å². The predicted octanol–water partition coefficient (Wildman–Crippen LogP) is 1.37. The maximum Gasteiger partial charge on any atom is 0.310 e. The highest BCUT2D eigenvalue weighted by Gasteiger charge is 1.99. The minimum Gasteiger partial charge on any atom is -0.435 e. The zero-order valence-corrected chi connectivity index (χ0v) is 8.54. The van der Waals surface area contributed by atoms with Crippen LogP contribution in [0, 0.1) is 0 Å². The highest BCUT2D eigenvalue weighted by molar-refractivity contribution is 5.72. The molecule has 80 valence electrons. The van der Waals surface area contributed by atoms with Crippen molar-refractivity contribution in [3.8, 4) is 0 Å². The highest BCUT2D eigenvalue weighted by Crippen LogP contribution is 2.00. The molecule has 0 saturated carbocycles. The maximum absolute atomic E-state index is 10.8. The van der Waals surface area contributed by atoms with Crippen LogP contribution in [0.25, 0.3) is 0 Å². The van der Waals surface area contributed by atoms with Crippen LogP contribution in [0.15, 0.2) is 12.8 Å². The van der Waals surface area contributed by atoms with Gasteiger partial charge in [-0.25, -0.2) is 0 Å². The average Bonchev–Trinajstić information content (AvgIpc) is 2.11. The van der Waals surface area contributed by atoms with E-state index in [1.54, 1.807) is 0 Å². The monoisotopic (exact) mass is 199 g/mol. The van der Waals surface area contributed by atoms with Crippen LogP contribution < -0.4 is 5.32 Å². The summed E-state index contributed by atoms with van der Waals surface area (Å²) in [5.74, 6) is -0.268. The van der Waals surface area contributed by atoms with Crippen molar-refractivity contribution in [2.75, 3.05) is 6.54 Å². The number of unbranched alkanes of at least 4 members (excludes halogenated alkanes) is 2. The summed E-state index contributed by atoms with van der Waals surface area (Å²) in [6.07, 6.45) is 4.13. The topological polar surface area (TPSA) is 55.4 Å². The van der Waals surface area contributed by atoms with Crippen LogP contribution in [-0.2, 0) is 14.3 Å². The quantitative estimate of drug-likeness (QED) is 0.383. The van der Waals surface area contributed by atoms with Gasteiger partial charge in [-0.2, -0.15) is 0 Å². The van der Waals surface area contributed by atoms with Crippen molar-refractivity contribution in [3.05, 3.63) is 12.8 Å². The molecular weight excluding hydrogens is 182 g/mol. The van der Waals surface area contributed by atoms with E-state index in [1.165, 1.54) is 6.92 Å². The largest absolute Gasteiger partial charge is 0.435 e. The normalized spacial score (nSPS) is 9.21. The zero-order chi connectivity index (χ0) is 10.8. The predicted molar refractivity (Wildman–Crippen MR) is 53.4 cm³/mol. The van der Waals surface area contributed by atoms with Crippen molar-refractivity contribution in [2.24, 2.45) is 0 Å². The van der Waals surface area contributed by atoms with Crippen molar-refractivity contribution in [2.45, 2.75) is 32.6 Å². The fourth-order valence-corrected chi connectivity index (χ4v) is 0.987. The first-order valence-electron chi connectivity index (χ1n) is 4.71. The second kappa shape index (κ2) is 8.29.